The lowest BCUT2D eigenvalue weighted by molar-refractivity contribution is -0.288. The van der Waals surface area contributed by atoms with E-state index in [9.17, 15) is 14.4 Å². The summed E-state index contributed by atoms with van der Waals surface area (Å²) < 4.78 is 89.7. The number of ether oxygens (including phenoxy) is 15. The standard InChI is InChI=1S/C54H87N3O18/c1-49(2)64-25-40(26-65-49)55(41-27-66-50(3,4)67-28-41)16-13-19-61-46(58)37-22-38(47(59)62-20-14-17-56(42-29-68-51(5,6)69-30-42)43-31-70-52(7,8)71-32-43)24-39(23-37)48(60)63-21-15-18-57(44-33-72-53(9,10)73-34-44)45-35-74-54(11,12)75-36-45/h22-24,40-45H,13-21,25-36H2,1-12H3. The molecule has 0 aliphatic carbocycles. The Labute approximate surface area is 443 Å². The fourth-order valence-corrected chi connectivity index (χ4v) is 9.71. The van der Waals surface area contributed by atoms with Crippen LogP contribution in [0.2, 0.25) is 0 Å². The fourth-order valence-electron chi connectivity index (χ4n) is 9.71. The van der Waals surface area contributed by atoms with E-state index in [-0.39, 0.29) is 72.8 Å². The van der Waals surface area contributed by atoms with E-state index in [0.29, 0.717) is 118 Å². The third-order valence-electron chi connectivity index (χ3n) is 14.3. The average molecular weight is 1070 g/mol. The molecule has 0 N–H and O–H groups in total. The van der Waals surface area contributed by atoms with E-state index in [1.807, 2.05) is 83.1 Å². The largest absolute Gasteiger partial charge is 0.462 e. The van der Waals surface area contributed by atoms with Crippen LogP contribution < -0.4 is 0 Å². The summed E-state index contributed by atoms with van der Waals surface area (Å²) in [7, 11) is 0. The molecule has 0 bridgehead atoms. The van der Waals surface area contributed by atoms with E-state index in [0.717, 1.165) is 0 Å². The predicted molar refractivity (Wildman–Crippen MR) is 270 cm³/mol. The highest BCUT2D eigenvalue weighted by Crippen LogP contribution is 2.30. The van der Waals surface area contributed by atoms with Crippen molar-refractivity contribution in [3.63, 3.8) is 0 Å². The van der Waals surface area contributed by atoms with Crippen molar-refractivity contribution in [3.05, 3.63) is 34.9 Å². The summed E-state index contributed by atoms with van der Waals surface area (Å²) in [5.74, 6) is -6.31. The van der Waals surface area contributed by atoms with Gasteiger partial charge in [-0.3, -0.25) is 14.7 Å². The second kappa shape index (κ2) is 25.4. The SMILES string of the molecule is CC1(C)OCC(N(CCCOC(=O)c2cc(C(=O)OCCCN(C3COC(C)(C)OC3)C3COC(C)(C)OC3)cc(C(=O)OCCCN(C3COC(C)(C)OC3)C3COC(C)(C)OC3)c2)C2COC(C)(C)OC2)CO1. The maximum absolute atomic E-state index is 13.9. The third kappa shape index (κ3) is 17.8. The summed E-state index contributed by atoms with van der Waals surface area (Å²) in [5, 5.41) is 0. The van der Waals surface area contributed by atoms with Crippen LogP contribution in [-0.2, 0) is 71.1 Å². The van der Waals surface area contributed by atoms with Gasteiger partial charge in [0.2, 0.25) is 0 Å². The summed E-state index contributed by atoms with van der Waals surface area (Å²) in [6.45, 7) is 29.7. The molecule has 1 aromatic carbocycles. The monoisotopic (exact) mass is 1070 g/mol. The quantitative estimate of drug-likeness (QED) is 0.0890. The fraction of sp³-hybridized carbons (Fsp3) is 0.833. The first kappa shape index (κ1) is 59.7. The molecule has 1 aromatic rings. The Balaban J connectivity index is 1.00. The van der Waals surface area contributed by atoms with Crippen LogP contribution in [0.5, 0.6) is 0 Å². The predicted octanol–water partition coefficient (Wildman–Crippen LogP) is 5.14. The minimum Gasteiger partial charge on any atom is -0.462 e. The summed E-state index contributed by atoms with van der Waals surface area (Å²) in [4.78, 5) is 48.4. The molecule has 0 radical (unpaired) electrons. The van der Waals surface area contributed by atoms with Crippen molar-refractivity contribution in [1.29, 1.82) is 0 Å². The Morgan fingerprint density at radius 2 is 0.507 bits per heavy atom. The molecule has 0 amide bonds. The second-order valence-corrected chi connectivity index (χ2v) is 23.0. The van der Waals surface area contributed by atoms with Crippen molar-refractivity contribution in [2.45, 2.75) is 173 Å². The van der Waals surface area contributed by atoms with Crippen LogP contribution in [0.25, 0.3) is 0 Å². The number of esters is 3. The first-order valence-electron chi connectivity index (χ1n) is 26.9. The maximum atomic E-state index is 13.9. The molecule has 0 unspecified atom stereocenters. The molecule has 0 aromatic heterocycles. The summed E-state index contributed by atoms with van der Waals surface area (Å²) >= 11 is 0. The van der Waals surface area contributed by atoms with Crippen molar-refractivity contribution in [3.8, 4) is 0 Å². The Kier molecular flexibility index (Phi) is 20.2. The molecule has 75 heavy (non-hydrogen) atoms. The van der Waals surface area contributed by atoms with Crippen molar-refractivity contribution in [2.75, 3.05) is 119 Å². The summed E-state index contributed by atoms with van der Waals surface area (Å²) in [5.41, 5.74) is -0.00244. The molecule has 6 heterocycles. The molecule has 21 nitrogen and oxygen atoms in total. The van der Waals surface area contributed by atoms with E-state index >= 15 is 0 Å². The zero-order chi connectivity index (χ0) is 54.2. The topological polar surface area (TPSA) is 199 Å². The molecule has 21 heteroatoms. The molecule has 6 saturated heterocycles. The highest BCUT2D eigenvalue weighted by molar-refractivity contribution is 6.00. The van der Waals surface area contributed by atoms with Gasteiger partial charge in [-0.05, 0) is 121 Å². The van der Waals surface area contributed by atoms with Crippen LogP contribution in [0.3, 0.4) is 0 Å². The van der Waals surface area contributed by atoms with Gasteiger partial charge in [-0.25, -0.2) is 14.4 Å². The van der Waals surface area contributed by atoms with E-state index in [4.69, 9.17) is 71.1 Å². The summed E-state index contributed by atoms with van der Waals surface area (Å²) in [6, 6.07) is 3.69. The number of hydrogen-bond acceptors (Lipinski definition) is 21. The van der Waals surface area contributed by atoms with Crippen molar-refractivity contribution >= 4 is 17.9 Å². The first-order valence-corrected chi connectivity index (χ1v) is 26.9. The maximum Gasteiger partial charge on any atom is 0.338 e. The highest BCUT2D eigenvalue weighted by Gasteiger charge is 2.42. The lowest BCUT2D eigenvalue weighted by atomic mass is 10.1. The van der Waals surface area contributed by atoms with Crippen LogP contribution in [0.4, 0.5) is 0 Å². The van der Waals surface area contributed by atoms with Crippen molar-refractivity contribution in [2.24, 2.45) is 0 Å². The molecule has 7 rings (SSSR count). The zero-order valence-electron chi connectivity index (χ0n) is 46.7. The average Bonchev–Trinajstić information content (AvgIpc) is 3.35. The van der Waals surface area contributed by atoms with Gasteiger partial charge >= 0.3 is 17.9 Å². The number of carbonyl (C=O) groups is 3. The lowest BCUT2D eigenvalue weighted by Crippen LogP contribution is -2.58. The van der Waals surface area contributed by atoms with Gasteiger partial charge in [0.15, 0.2) is 34.7 Å². The van der Waals surface area contributed by atoms with Gasteiger partial charge in [-0.2, -0.15) is 0 Å². The first-order chi connectivity index (χ1) is 35.3. The minimum absolute atomic E-state index is 0.000814. The highest BCUT2D eigenvalue weighted by atomic mass is 16.7. The smallest absolute Gasteiger partial charge is 0.338 e. The lowest BCUT2D eigenvalue weighted by Gasteiger charge is -2.46. The molecular formula is C54H87N3O18. The van der Waals surface area contributed by atoms with E-state index in [2.05, 4.69) is 14.7 Å². The molecule has 0 atom stereocenters. The van der Waals surface area contributed by atoms with Crippen molar-refractivity contribution < 1.29 is 85.4 Å². The Bertz CT molecular complexity index is 1670. The molecular weight excluding hydrogens is 979 g/mol. The van der Waals surface area contributed by atoms with Crippen LogP contribution in [0.15, 0.2) is 18.2 Å². The molecule has 0 saturated carbocycles. The van der Waals surface area contributed by atoms with Crippen LogP contribution in [-0.4, -0.2) is 222 Å². The van der Waals surface area contributed by atoms with Crippen LogP contribution in [0, 0.1) is 0 Å². The van der Waals surface area contributed by atoms with Gasteiger partial charge in [0, 0.05) is 19.6 Å². The molecule has 6 aliphatic rings. The van der Waals surface area contributed by atoms with Gasteiger partial charge in [0.05, 0.1) is 152 Å². The van der Waals surface area contributed by atoms with Crippen molar-refractivity contribution in [1.82, 2.24) is 14.7 Å². The number of rotatable bonds is 21. The number of carbonyl (C=O) groups excluding carboxylic acids is 3. The molecule has 0 spiro atoms. The number of hydrogen-bond donors (Lipinski definition) is 0. The normalized spacial score (nSPS) is 24.8. The van der Waals surface area contributed by atoms with Gasteiger partial charge < -0.3 is 71.1 Å². The number of benzene rings is 1. The van der Waals surface area contributed by atoms with Gasteiger partial charge in [-0.15, -0.1) is 0 Å². The van der Waals surface area contributed by atoms with Crippen LogP contribution in [0.1, 0.15) is 133 Å². The second-order valence-electron chi connectivity index (χ2n) is 23.0. The molecule has 6 fully saturated rings. The molecule has 6 aliphatic heterocycles. The van der Waals surface area contributed by atoms with Gasteiger partial charge in [-0.1, -0.05) is 0 Å². The minimum atomic E-state index is -0.714. The van der Waals surface area contributed by atoms with Gasteiger partial charge in [0.1, 0.15) is 0 Å². The number of nitrogens with zero attached hydrogens (tertiary/aromatic N) is 3. The molecule has 426 valence electrons. The Morgan fingerprint density at radius 1 is 0.347 bits per heavy atom. The third-order valence-corrected chi connectivity index (χ3v) is 14.3. The Morgan fingerprint density at radius 3 is 0.667 bits per heavy atom. The summed E-state index contributed by atoms with van der Waals surface area (Å²) in [6.07, 6.45) is 1.37. The van der Waals surface area contributed by atoms with E-state index < -0.39 is 52.6 Å². The van der Waals surface area contributed by atoms with Gasteiger partial charge in [0.25, 0.3) is 0 Å². The van der Waals surface area contributed by atoms with E-state index in [1.165, 1.54) is 18.2 Å². The Hall–Kier alpha value is -2.97. The zero-order valence-corrected chi connectivity index (χ0v) is 46.7. The van der Waals surface area contributed by atoms with Crippen LogP contribution >= 0.6 is 0 Å². The van der Waals surface area contributed by atoms with E-state index in [1.54, 1.807) is 0 Å².